The molecule has 5 rings (SSSR count). The summed E-state index contributed by atoms with van der Waals surface area (Å²) < 4.78 is 11.0. The zero-order valence-corrected chi connectivity index (χ0v) is 24.5. The lowest BCUT2D eigenvalue weighted by Gasteiger charge is -2.32. The van der Waals surface area contributed by atoms with Crippen molar-refractivity contribution < 1.29 is 23.9 Å². The highest BCUT2D eigenvalue weighted by atomic mass is 16.5. The van der Waals surface area contributed by atoms with Crippen molar-refractivity contribution in [2.24, 2.45) is 0 Å². The second-order valence-corrected chi connectivity index (χ2v) is 11.0. The summed E-state index contributed by atoms with van der Waals surface area (Å²) in [6.07, 6.45) is 2.80. The van der Waals surface area contributed by atoms with E-state index in [1.807, 2.05) is 89.8 Å². The Kier molecular flexibility index (Phi) is 10.4. The van der Waals surface area contributed by atoms with E-state index in [1.54, 1.807) is 0 Å². The van der Waals surface area contributed by atoms with E-state index in [1.165, 1.54) is 7.11 Å². The molecule has 2 fully saturated rings. The number of ether oxygens (including phenoxy) is 2. The van der Waals surface area contributed by atoms with Crippen LogP contribution in [0.15, 0.2) is 84.9 Å². The van der Waals surface area contributed by atoms with E-state index in [-0.39, 0.29) is 24.0 Å². The number of nitrogens with one attached hydrogen (secondary N) is 3. The molecule has 0 aliphatic carbocycles. The predicted octanol–water partition coefficient (Wildman–Crippen LogP) is 4.09. The Labute approximate surface area is 252 Å². The number of methoxy groups -OCH3 is 1. The van der Waals surface area contributed by atoms with Gasteiger partial charge in [0.25, 0.3) is 0 Å². The van der Waals surface area contributed by atoms with Gasteiger partial charge in [0.05, 0.1) is 19.8 Å². The van der Waals surface area contributed by atoms with Crippen LogP contribution in [0.5, 0.6) is 0 Å². The van der Waals surface area contributed by atoms with Crippen molar-refractivity contribution in [1.82, 2.24) is 15.5 Å². The average molecular weight is 585 g/mol. The number of hydrogen-bond donors (Lipinski definition) is 3. The normalized spacial score (nSPS) is 19.1. The number of nitrogens with zero attached hydrogens (tertiary/aromatic N) is 1. The standard InChI is InChI=1S/C34H40N4O5/c1-42-34(41)37-31(30(25-13-4-2-5-14-25)26-15-6-3-7-16-26)32(39)36-28-17-9-8-12-24(28)18-19-27-22-35-29(23-43-27)33(40)38-20-10-11-21-38/h2-9,12-17,27,29-31,35H,10-11,18-23H2,1H3,(H,36,39)(H,37,41). The topological polar surface area (TPSA) is 109 Å². The number of benzene rings is 3. The second-order valence-electron chi connectivity index (χ2n) is 11.0. The van der Waals surface area contributed by atoms with E-state index in [2.05, 4.69) is 16.0 Å². The first-order valence-corrected chi connectivity index (χ1v) is 15.0. The maximum atomic E-state index is 14.0. The van der Waals surface area contributed by atoms with Crippen molar-refractivity contribution in [1.29, 1.82) is 0 Å². The van der Waals surface area contributed by atoms with Crippen LogP contribution in [0, 0.1) is 0 Å². The monoisotopic (exact) mass is 584 g/mol. The third kappa shape index (κ3) is 7.80. The molecular weight excluding hydrogens is 544 g/mol. The number of anilines is 1. The number of aryl methyl sites for hydroxylation is 1. The minimum Gasteiger partial charge on any atom is -0.453 e. The Hall–Kier alpha value is -4.21. The Balaban J connectivity index is 1.27. The van der Waals surface area contributed by atoms with Gasteiger partial charge in [-0.1, -0.05) is 78.9 Å². The molecule has 2 heterocycles. The summed E-state index contributed by atoms with van der Waals surface area (Å²) in [5, 5.41) is 9.25. The quantitative estimate of drug-likeness (QED) is 0.331. The van der Waals surface area contributed by atoms with Crippen LogP contribution in [-0.2, 0) is 25.5 Å². The number of alkyl carbamates (subject to hydrolysis) is 1. The molecule has 9 nitrogen and oxygen atoms in total. The minimum absolute atomic E-state index is 0.0410. The molecule has 3 amide bonds. The molecule has 0 aromatic heterocycles. The molecule has 0 radical (unpaired) electrons. The summed E-state index contributed by atoms with van der Waals surface area (Å²) in [7, 11) is 1.28. The molecule has 0 spiro atoms. The van der Waals surface area contributed by atoms with Gasteiger partial charge in [0, 0.05) is 31.2 Å². The molecule has 3 aromatic carbocycles. The highest BCUT2D eigenvalue weighted by Crippen LogP contribution is 2.30. The van der Waals surface area contributed by atoms with Gasteiger partial charge in [0.15, 0.2) is 0 Å². The zero-order valence-electron chi connectivity index (χ0n) is 24.5. The molecule has 2 saturated heterocycles. The molecule has 3 atom stereocenters. The van der Waals surface area contributed by atoms with Gasteiger partial charge in [-0.3, -0.25) is 9.59 Å². The van der Waals surface area contributed by atoms with Crippen LogP contribution in [0.3, 0.4) is 0 Å². The lowest BCUT2D eigenvalue weighted by molar-refractivity contribution is -0.137. The van der Waals surface area contributed by atoms with E-state index >= 15 is 0 Å². The van der Waals surface area contributed by atoms with Gasteiger partial charge >= 0.3 is 6.09 Å². The SMILES string of the molecule is COC(=O)NC(C(=O)Nc1ccccc1CCC1CNC(C(=O)N2CCCC2)CO1)C(c1ccccc1)c1ccccc1. The highest BCUT2D eigenvalue weighted by molar-refractivity contribution is 5.98. The van der Waals surface area contributed by atoms with Gasteiger partial charge < -0.3 is 30.3 Å². The molecule has 226 valence electrons. The number of carbonyl (C=O) groups is 3. The fraction of sp³-hybridized carbons (Fsp3) is 0.382. The number of morpholine rings is 1. The molecule has 2 aliphatic rings. The van der Waals surface area contributed by atoms with Crippen LogP contribution in [0.2, 0.25) is 0 Å². The highest BCUT2D eigenvalue weighted by Gasteiger charge is 2.34. The summed E-state index contributed by atoms with van der Waals surface area (Å²) in [6.45, 7) is 2.62. The molecule has 9 heteroatoms. The van der Waals surface area contributed by atoms with Gasteiger partial charge in [-0.15, -0.1) is 0 Å². The van der Waals surface area contributed by atoms with Gasteiger partial charge in [-0.2, -0.15) is 0 Å². The van der Waals surface area contributed by atoms with Crippen molar-refractivity contribution in [3.8, 4) is 0 Å². The number of hydrogen-bond acceptors (Lipinski definition) is 6. The molecule has 3 N–H and O–H groups in total. The van der Waals surface area contributed by atoms with E-state index in [9.17, 15) is 14.4 Å². The number of para-hydroxylation sites is 1. The van der Waals surface area contributed by atoms with Gasteiger partial charge in [0.1, 0.15) is 12.1 Å². The van der Waals surface area contributed by atoms with Crippen LogP contribution >= 0.6 is 0 Å². The zero-order chi connectivity index (χ0) is 30.0. The largest absolute Gasteiger partial charge is 0.453 e. The van der Waals surface area contributed by atoms with Crippen LogP contribution < -0.4 is 16.0 Å². The number of likely N-dealkylation sites (tertiary alicyclic amines) is 1. The fourth-order valence-corrected chi connectivity index (χ4v) is 5.90. The average Bonchev–Trinajstić information content (AvgIpc) is 3.60. The third-order valence-corrected chi connectivity index (χ3v) is 8.21. The first kappa shape index (κ1) is 30.3. The number of rotatable bonds is 10. The molecule has 0 saturated carbocycles. The Morgan fingerprint density at radius 2 is 1.56 bits per heavy atom. The molecule has 0 bridgehead atoms. The number of amides is 3. The molecule has 3 unspecified atom stereocenters. The van der Waals surface area contributed by atoms with Gasteiger partial charge in [0.2, 0.25) is 11.8 Å². The van der Waals surface area contributed by atoms with E-state index in [0.29, 0.717) is 25.3 Å². The molecule has 2 aliphatic heterocycles. The summed E-state index contributed by atoms with van der Waals surface area (Å²) in [4.78, 5) is 41.1. The smallest absolute Gasteiger partial charge is 0.407 e. The van der Waals surface area contributed by atoms with Crippen molar-refractivity contribution in [2.45, 2.75) is 49.8 Å². The summed E-state index contributed by atoms with van der Waals surface area (Å²) in [5.41, 5.74) is 3.42. The van der Waals surface area contributed by atoms with E-state index < -0.39 is 18.1 Å². The van der Waals surface area contributed by atoms with Crippen molar-refractivity contribution in [2.75, 3.05) is 38.7 Å². The lowest BCUT2D eigenvalue weighted by Crippen LogP contribution is -2.54. The molecular formula is C34H40N4O5. The number of carbonyl (C=O) groups excluding carboxylic acids is 3. The van der Waals surface area contributed by atoms with Crippen LogP contribution in [0.25, 0.3) is 0 Å². The molecule has 43 heavy (non-hydrogen) atoms. The van der Waals surface area contributed by atoms with Crippen molar-refractivity contribution >= 4 is 23.6 Å². The van der Waals surface area contributed by atoms with E-state index in [4.69, 9.17) is 9.47 Å². The summed E-state index contributed by atoms with van der Waals surface area (Å²) in [5.74, 6) is -0.676. The maximum Gasteiger partial charge on any atom is 0.407 e. The van der Waals surface area contributed by atoms with E-state index in [0.717, 1.165) is 49.0 Å². The molecule has 3 aromatic rings. The van der Waals surface area contributed by atoms with Crippen LogP contribution in [-0.4, -0.2) is 74.3 Å². The maximum absolute atomic E-state index is 14.0. The Morgan fingerprint density at radius 1 is 0.930 bits per heavy atom. The first-order valence-electron chi connectivity index (χ1n) is 15.0. The Morgan fingerprint density at radius 3 is 2.16 bits per heavy atom. The third-order valence-electron chi connectivity index (χ3n) is 8.21. The first-order chi connectivity index (χ1) is 21.0. The van der Waals surface area contributed by atoms with Crippen molar-refractivity contribution in [3.63, 3.8) is 0 Å². The van der Waals surface area contributed by atoms with Gasteiger partial charge in [-0.05, 0) is 48.4 Å². The summed E-state index contributed by atoms with van der Waals surface area (Å²) in [6, 6.07) is 25.7. The lowest BCUT2D eigenvalue weighted by atomic mass is 9.84. The van der Waals surface area contributed by atoms with Crippen LogP contribution in [0.4, 0.5) is 10.5 Å². The predicted molar refractivity (Wildman–Crippen MR) is 165 cm³/mol. The fourth-order valence-electron chi connectivity index (χ4n) is 5.90. The minimum atomic E-state index is -0.943. The second kappa shape index (κ2) is 14.8. The Bertz CT molecular complexity index is 1320. The van der Waals surface area contributed by atoms with Crippen molar-refractivity contribution in [3.05, 3.63) is 102 Å². The van der Waals surface area contributed by atoms with Crippen LogP contribution in [0.1, 0.15) is 41.9 Å². The van der Waals surface area contributed by atoms with Gasteiger partial charge in [-0.25, -0.2) is 4.79 Å². The summed E-state index contributed by atoms with van der Waals surface area (Å²) >= 11 is 0.